The van der Waals surface area contributed by atoms with Crippen molar-refractivity contribution < 1.29 is 22.6 Å². The molecule has 4 rings (SSSR count). The summed E-state index contributed by atoms with van der Waals surface area (Å²) in [5, 5.41) is 11.9. The van der Waals surface area contributed by atoms with Gasteiger partial charge in [-0.25, -0.2) is 4.98 Å². The Hall–Kier alpha value is -2.33. The van der Waals surface area contributed by atoms with Crippen LogP contribution < -0.4 is 15.8 Å². The maximum atomic E-state index is 12.6. The van der Waals surface area contributed by atoms with Gasteiger partial charge in [0.05, 0.1) is 25.0 Å². The third-order valence-electron chi connectivity index (χ3n) is 6.73. The number of hydrogen-bond acceptors (Lipinski definition) is 7. The van der Waals surface area contributed by atoms with E-state index in [1.54, 1.807) is 6.08 Å². The molecule has 1 aromatic rings. The van der Waals surface area contributed by atoms with Gasteiger partial charge in [-0.2, -0.15) is 0 Å². The van der Waals surface area contributed by atoms with Gasteiger partial charge in [0.1, 0.15) is 0 Å². The van der Waals surface area contributed by atoms with E-state index in [1.165, 1.54) is 6.20 Å². The fourth-order valence-corrected chi connectivity index (χ4v) is 4.98. The Balaban J connectivity index is 1.47. The molecule has 176 valence electrons. The molecule has 4 atom stereocenters. The van der Waals surface area contributed by atoms with Crippen molar-refractivity contribution in [1.29, 1.82) is 5.41 Å². The van der Waals surface area contributed by atoms with Crippen LogP contribution >= 0.6 is 0 Å². The van der Waals surface area contributed by atoms with E-state index in [4.69, 9.17) is 15.9 Å². The zero-order valence-corrected chi connectivity index (χ0v) is 18.4. The highest BCUT2D eigenvalue weighted by Crippen LogP contribution is 2.61. The highest BCUT2D eigenvalue weighted by atomic mass is 19.4. The molecule has 0 unspecified atom stereocenters. The lowest BCUT2D eigenvalue weighted by Crippen LogP contribution is -2.51. The van der Waals surface area contributed by atoms with Crippen LogP contribution in [-0.4, -0.2) is 60.3 Å². The van der Waals surface area contributed by atoms with Crippen LogP contribution in [0, 0.1) is 23.2 Å². The number of rotatable bonds is 8. The van der Waals surface area contributed by atoms with Crippen molar-refractivity contribution in [3.05, 3.63) is 29.6 Å². The van der Waals surface area contributed by atoms with Crippen molar-refractivity contribution >= 4 is 11.5 Å². The number of pyridine rings is 1. The summed E-state index contributed by atoms with van der Waals surface area (Å²) in [6.45, 7) is 5.67. The maximum Gasteiger partial charge on any atom is 0.573 e. The molecule has 2 aliphatic carbocycles. The van der Waals surface area contributed by atoms with E-state index >= 15 is 0 Å². The minimum Gasteiger partial charge on any atom is -0.402 e. The summed E-state index contributed by atoms with van der Waals surface area (Å²) < 4.78 is 47.1. The minimum absolute atomic E-state index is 0.0675. The predicted octanol–water partition coefficient (Wildman–Crippen LogP) is 3.17. The molecular weight excluding hydrogens is 423 g/mol. The maximum absolute atomic E-state index is 12.6. The van der Waals surface area contributed by atoms with Crippen LogP contribution in [0.3, 0.4) is 0 Å². The highest BCUT2D eigenvalue weighted by Gasteiger charge is 2.58. The van der Waals surface area contributed by atoms with Gasteiger partial charge < -0.3 is 25.9 Å². The topological polar surface area (TPSA) is 96.5 Å². The van der Waals surface area contributed by atoms with Crippen molar-refractivity contribution in [2.24, 2.45) is 17.8 Å². The second kappa shape index (κ2) is 8.55. The number of nitrogens with two attached hydrogens (primary N) is 1. The Labute approximate surface area is 185 Å². The Morgan fingerprint density at radius 1 is 1.31 bits per heavy atom. The number of aromatic nitrogens is 1. The standard InChI is InChI=1S/C22H30F3N5O2/c1-11(2)29-18(20-15-5-13(6-16(15)20)30(3)14-9-31-10-14)7-17(26)12-4-19(21(27)28-8-12)32-22(23,24)25/h4,7-8,11,13-16,20,26,29H,5-6,9-10H2,1-3H3,(H2,27,28)/b18-7-,26-17?/t13-,15+,16-,20-. The molecular formula is C22H30F3N5O2. The van der Waals surface area contributed by atoms with Gasteiger partial charge in [-0.15, -0.1) is 13.2 Å². The predicted molar refractivity (Wildman–Crippen MR) is 114 cm³/mol. The third-order valence-corrected chi connectivity index (χ3v) is 6.73. The third kappa shape index (κ3) is 4.85. The molecule has 1 saturated heterocycles. The highest BCUT2D eigenvalue weighted by molar-refractivity contribution is 6.07. The number of anilines is 1. The molecule has 0 aromatic carbocycles. The van der Waals surface area contributed by atoms with Gasteiger partial charge in [-0.3, -0.25) is 4.90 Å². The number of ether oxygens (including phenoxy) is 2. The van der Waals surface area contributed by atoms with Gasteiger partial charge in [-0.05, 0) is 57.7 Å². The summed E-state index contributed by atoms with van der Waals surface area (Å²) >= 11 is 0. The molecule has 0 spiro atoms. The number of allylic oxidation sites excluding steroid dienone is 2. The molecule has 2 heterocycles. The van der Waals surface area contributed by atoms with Gasteiger partial charge in [0, 0.05) is 35.5 Å². The number of alkyl halides is 3. The Bertz CT molecular complexity index is 888. The molecule has 0 bridgehead atoms. The second-order valence-corrected chi connectivity index (χ2v) is 9.30. The normalized spacial score (nSPS) is 27.9. The zero-order valence-electron chi connectivity index (χ0n) is 18.4. The molecule has 32 heavy (non-hydrogen) atoms. The van der Waals surface area contributed by atoms with Gasteiger partial charge in [-0.1, -0.05) is 0 Å². The summed E-state index contributed by atoms with van der Waals surface area (Å²) in [5.41, 5.74) is 6.76. The van der Waals surface area contributed by atoms with Gasteiger partial charge >= 0.3 is 6.36 Å². The summed E-state index contributed by atoms with van der Waals surface area (Å²) in [6, 6.07) is 2.35. The van der Waals surface area contributed by atoms with Crippen LogP contribution in [0.2, 0.25) is 0 Å². The largest absolute Gasteiger partial charge is 0.573 e. The van der Waals surface area contributed by atoms with Crippen LogP contribution in [0.5, 0.6) is 5.75 Å². The summed E-state index contributed by atoms with van der Waals surface area (Å²) in [6.07, 6.45) is 0.354. The Morgan fingerprint density at radius 3 is 2.50 bits per heavy atom. The average Bonchev–Trinajstić information content (AvgIpc) is 3.13. The molecule has 10 heteroatoms. The zero-order chi connectivity index (χ0) is 23.2. The Morgan fingerprint density at radius 2 is 1.97 bits per heavy atom. The smallest absolute Gasteiger partial charge is 0.402 e. The average molecular weight is 454 g/mol. The van der Waals surface area contributed by atoms with Crippen molar-refractivity contribution in [3.63, 3.8) is 0 Å². The molecule has 3 fully saturated rings. The van der Waals surface area contributed by atoms with E-state index in [0.717, 1.165) is 37.8 Å². The van der Waals surface area contributed by atoms with E-state index in [1.807, 2.05) is 13.8 Å². The number of hydrogen-bond donors (Lipinski definition) is 3. The van der Waals surface area contributed by atoms with Gasteiger partial charge in [0.15, 0.2) is 11.6 Å². The van der Waals surface area contributed by atoms with Gasteiger partial charge in [0.2, 0.25) is 0 Å². The summed E-state index contributed by atoms with van der Waals surface area (Å²) in [4.78, 5) is 6.22. The first-order chi connectivity index (χ1) is 15.0. The van der Waals surface area contributed by atoms with Crippen molar-refractivity contribution in [1.82, 2.24) is 15.2 Å². The number of halogens is 3. The van der Waals surface area contributed by atoms with E-state index in [2.05, 4.69) is 27.0 Å². The fourth-order valence-electron chi connectivity index (χ4n) is 4.98. The second-order valence-electron chi connectivity index (χ2n) is 9.30. The number of nitrogens with one attached hydrogen (secondary N) is 2. The molecule has 1 aliphatic heterocycles. The summed E-state index contributed by atoms with van der Waals surface area (Å²) in [5.74, 6) is 0.491. The van der Waals surface area contributed by atoms with Crippen LogP contribution in [0.15, 0.2) is 24.0 Å². The lowest BCUT2D eigenvalue weighted by Gasteiger charge is -2.39. The van der Waals surface area contributed by atoms with Crippen LogP contribution in [-0.2, 0) is 4.74 Å². The fraction of sp³-hybridized carbons (Fsp3) is 0.636. The number of fused-ring (bicyclic) bond motifs is 1. The van der Waals surface area contributed by atoms with Crippen molar-refractivity contribution in [2.45, 2.75) is 51.2 Å². The summed E-state index contributed by atoms with van der Waals surface area (Å²) in [7, 11) is 2.17. The first-order valence-corrected chi connectivity index (χ1v) is 10.9. The molecule has 0 radical (unpaired) electrons. The number of nitrogen functional groups attached to an aromatic ring is 1. The quantitative estimate of drug-likeness (QED) is 0.524. The molecule has 2 saturated carbocycles. The van der Waals surface area contributed by atoms with E-state index < -0.39 is 12.1 Å². The van der Waals surface area contributed by atoms with Gasteiger partial charge in [0.25, 0.3) is 0 Å². The molecule has 3 aliphatic rings. The van der Waals surface area contributed by atoms with E-state index in [-0.39, 0.29) is 23.1 Å². The SMILES string of the molecule is CC(C)N/C(=C\C(=N)c1cnc(N)c(OC(F)(F)F)c1)[C@H]1[C@@H]2C[C@H](N(C)C3COC3)C[C@@H]21. The van der Waals surface area contributed by atoms with E-state index in [0.29, 0.717) is 29.8 Å². The number of likely N-dealkylation sites (N-methyl/N-ethyl adjacent to an activating group) is 1. The lowest BCUT2D eigenvalue weighted by atomic mass is 10.00. The van der Waals surface area contributed by atoms with E-state index in [9.17, 15) is 13.2 Å². The lowest BCUT2D eigenvalue weighted by molar-refractivity contribution is -0.274. The minimum atomic E-state index is -4.88. The van der Waals surface area contributed by atoms with Crippen molar-refractivity contribution in [3.8, 4) is 5.75 Å². The Kier molecular flexibility index (Phi) is 6.10. The monoisotopic (exact) mass is 453 g/mol. The molecule has 4 N–H and O–H groups in total. The van der Waals surface area contributed by atoms with Crippen LogP contribution in [0.4, 0.5) is 19.0 Å². The first-order valence-electron chi connectivity index (χ1n) is 10.9. The van der Waals surface area contributed by atoms with Crippen LogP contribution in [0.25, 0.3) is 0 Å². The number of nitrogens with zero attached hydrogens (tertiary/aromatic N) is 2. The molecule has 0 amide bonds. The molecule has 7 nitrogen and oxygen atoms in total. The molecule has 1 aromatic heterocycles. The van der Waals surface area contributed by atoms with Crippen LogP contribution in [0.1, 0.15) is 32.3 Å². The first kappa shape index (κ1) is 22.8. The van der Waals surface area contributed by atoms with Crippen molar-refractivity contribution in [2.75, 3.05) is 26.0 Å².